The molecule has 5 rings (SSSR count). The number of benzene rings is 3. The molecule has 0 unspecified atom stereocenters. The van der Waals surface area contributed by atoms with Crippen LogP contribution in [0.2, 0.25) is 0 Å². The molecule has 0 amide bonds. The van der Waals surface area contributed by atoms with Crippen molar-refractivity contribution in [2.24, 2.45) is 5.92 Å². The Hall–Kier alpha value is -3.16. The minimum atomic E-state index is -4.50. The number of thiophene rings is 1. The van der Waals surface area contributed by atoms with Gasteiger partial charge in [0.15, 0.2) is 0 Å². The molecule has 1 aliphatic rings. The van der Waals surface area contributed by atoms with E-state index >= 15 is 0 Å². The molecular weight excluding hydrogens is 447 g/mol. The molecule has 4 aromatic rings. The molecule has 0 aliphatic carbocycles. The number of aliphatic carboxylic acids is 1. The van der Waals surface area contributed by atoms with Crippen LogP contribution in [0.1, 0.15) is 11.1 Å². The Morgan fingerprint density at radius 1 is 0.970 bits per heavy atom. The van der Waals surface area contributed by atoms with Crippen LogP contribution in [-0.2, 0) is 17.5 Å². The average molecular weight is 468 g/mol. The van der Waals surface area contributed by atoms with Gasteiger partial charge in [0.05, 0.1) is 11.5 Å². The maximum absolute atomic E-state index is 14.1. The molecule has 7 heteroatoms. The summed E-state index contributed by atoms with van der Waals surface area (Å²) in [7, 11) is 0. The molecule has 0 radical (unpaired) electrons. The summed E-state index contributed by atoms with van der Waals surface area (Å²) in [5, 5.41) is 10.2. The number of halogens is 3. The lowest BCUT2D eigenvalue weighted by molar-refractivity contribution is -0.147. The fraction of sp³-hybridized carbons (Fsp3) is 0.192. The van der Waals surface area contributed by atoms with Gasteiger partial charge in [-0.3, -0.25) is 9.69 Å². The van der Waals surface area contributed by atoms with Crippen molar-refractivity contribution in [1.29, 1.82) is 0 Å². The molecule has 1 fully saturated rings. The summed E-state index contributed by atoms with van der Waals surface area (Å²) in [5.41, 5.74) is 1.48. The summed E-state index contributed by atoms with van der Waals surface area (Å²) in [6.07, 6.45) is -4.50. The van der Waals surface area contributed by atoms with Crippen LogP contribution in [0.25, 0.3) is 31.7 Å². The monoisotopic (exact) mass is 467 g/mol. The van der Waals surface area contributed by atoms with Crippen molar-refractivity contribution in [3.8, 4) is 21.6 Å². The average Bonchev–Trinajstić information content (AvgIpc) is 3.13. The molecule has 3 aromatic carbocycles. The zero-order valence-electron chi connectivity index (χ0n) is 17.5. The van der Waals surface area contributed by atoms with Crippen molar-refractivity contribution >= 4 is 27.4 Å². The van der Waals surface area contributed by atoms with Crippen molar-refractivity contribution in [3.63, 3.8) is 0 Å². The number of rotatable bonds is 5. The minimum Gasteiger partial charge on any atom is -0.481 e. The Morgan fingerprint density at radius 2 is 1.67 bits per heavy atom. The molecule has 0 saturated carbocycles. The van der Waals surface area contributed by atoms with Crippen molar-refractivity contribution in [1.82, 2.24) is 4.90 Å². The second-order valence-electron chi connectivity index (χ2n) is 8.26. The van der Waals surface area contributed by atoms with Crippen molar-refractivity contribution in [3.05, 3.63) is 83.9 Å². The highest BCUT2D eigenvalue weighted by atomic mass is 32.1. The second kappa shape index (κ2) is 8.32. The lowest BCUT2D eigenvalue weighted by Gasteiger charge is -2.36. The molecule has 0 spiro atoms. The fourth-order valence-electron chi connectivity index (χ4n) is 4.36. The Balaban J connectivity index is 1.60. The molecule has 2 heterocycles. The number of carboxylic acid groups (broad SMARTS) is 1. The summed E-state index contributed by atoms with van der Waals surface area (Å²) in [4.78, 5) is 14.0. The minimum absolute atomic E-state index is 0.154. The van der Waals surface area contributed by atoms with E-state index in [0.717, 1.165) is 20.5 Å². The molecule has 1 aliphatic heterocycles. The predicted octanol–water partition coefficient (Wildman–Crippen LogP) is 6.77. The van der Waals surface area contributed by atoms with Crippen LogP contribution in [0.5, 0.6) is 0 Å². The van der Waals surface area contributed by atoms with Gasteiger partial charge >= 0.3 is 12.1 Å². The quantitative estimate of drug-likeness (QED) is 0.352. The Morgan fingerprint density at radius 3 is 2.36 bits per heavy atom. The molecule has 1 saturated heterocycles. The number of hydrogen-bond acceptors (Lipinski definition) is 3. The topological polar surface area (TPSA) is 40.5 Å². The van der Waals surface area contributed by atoms with Gasteiger partial charge in [0.1, 0.15) is 0 Å². The van der Waals surface area contributed by atoms with E-state index < -0.39 is 17.7 Å². The lowest BCUT2D eigenvalue weighted by atomic mass is 9.94. The first-order valence-electron chi connectivity index (χ1n) is 10.5. The summed E-state index contributed by atoms with van der Waals surface area (Å²) in [5.74, 6) is -1.20. The summed E-state index contributed by atoms with van der Waals surface area (Å²) < 4.78 is 43.2. The number of nitrogens with zero attached hydrogens (tertiary/aromatic N) is 1. The predicted molar refractivity (Wildman–Crippen MR) is 124 cm³/mol. The lowest BCUT2D eigenvalue weighted by Crippen LogP contribution is -2.49. The van der Waals surface area contributed by atoms with Gasteiger partial charge in [0.25, 0.3) is 0 Å². The summed E-state index contributed by atoms with van der Waals surface area (Å²) >= 11 is 1.47. The van der Waals surface area contributed by atoms with Crippen LogP contribution in [0.3, 0.4) is 0 Å². The molecule has 168 valence electrons. The first-order valence-corrected chi connectivity index (χ1v) is 11.4. The van der Waals surface area contributed by atoms with E-state index in [0.29, 0.717) is 30.8 Å². The first kappa shape index (κ1) is 21.7. The normalized spacial score (nSPS) is 15.0. The number of fused-ring (bicyclic) bond motifs is 1. The third-order valence-electron chi connectivity index (χ3n) is 6.06. The number of hydrogen-bond donors (Lipinski definition) is 1. The van der Waals surface area contributed by atoms with E-state index in [1.54, 1.807) is 42.5 Å². The molecular formula is C26H20F3NO2S. The van der Waals surface area contributed by atoms with Gasteiger partial charge in [0, 0.05) is 29.2 Å². The highest BCUT2D eigenvalue weighted by Crippen LogP contribution is 2.44. The van der Waals surface area contributed by atoms with E-state index in [1.165, 1.54) is 17.4 Å². The van der Waals surface area contributed by atoms with E-state index in [4.69, 9.17) is 0 Å². The molecule has 0 atom stereocenters. The van der Waals surface area contributed by atoms with Gasteiger partial charge in [0.2, 0.25) is 0 Å². The van der Waals surface area contributed by atoms with Gasteiger partial charge in [-0.15, -0.1) is 11.3 Å². The Bertz CT molecular complexity index is 1320. The van der Waals surface area contributed by atoms with E-state index in [1.807, 2.05) is 29.2 Å². The highest BCUT2D eigenvalue weighted by Gasteiger charge is 2.35. The maximum Gasteiger partial charge on any atom is 0.417 e. The SMILES string of the molecule is O=C(O)C1CN(Cc2c(-c3ccc(-c4ccccc4)c(C(F)(F)F)c3)sc3ccccc23)C1. The van der Waals surface area contributed by atoms with Crippen LogP contribution < -0.4 is 0 Å². The number of alkyl halides is 3. The van der Waals surface area contributed by atoms with E-state index in [-0.39, 0.29) is 11.5 Å². The molecule has 33 heavy (non-hydrogen) atoms. The summed E-state index contributed by atoms with van der Waals surface area (Å²) in [6, 6.07) is 20.9. The number of carboxylic acids is 1. The van der Waals surface area contributed by atoms with Crippen molar-refractivity contribution in [2.75, 3.05) is 13.1 Å². The third-order valence-corrected chi connectivity index (χ3v) is 7.32. The molecule has 1 N–H and O–H groups in total. The number of carbonyl (C=O) groups is 1. The van der Waals surface area contributed by atoms with Crippen LogP contribution in [0.4, 0.5) is 13.2 Å². The van der Waals surface area contributed by atoms with Gasteiger partial charge in [-0.25, -0.2) is 0 Å². The van der Waals surface area contributed by atoms with Gasteiger partial charge in [-0.05, 0) is 39.8 Å². The van der Waals surface area contributed by atoms with Gasteiger partial charge in [-0.1, -0.05) is 60.7 Å². The van der Waals surface area contributed by atoms with Crippen LogP contribution in [0, 0.1) is 5.92 Å². The number of likely N-dealkylation sites (tertiary alicyclic amines) is 1. The molecule has 0 bridgehead atoms. The zero-order chi connectivity index (χ0) is 23.2. The van der Waals surface area contributed by atoms with Crippen LogP contribution in [-0.4, -0.2) is 29.1 Å². The third kappa shape index (κ3) is 4.14. The van der Waals surface area contributed by atoms with Crippen molar-refractivity contribution in [2.45, 2.75) is 12.7 Å². The van der Waals surface area contributed by atoms with E-state index in [9.17, 15) is 23.1 Å². The van der Waals surface area contributed by atoms with Crippen molar-refractivity contribution < 1.29 is 23.1 Å². The Labute approximate surface area is 192 Å². The summed E-state index contributed by atoms with van der Waals surface area (Å²) in [6.45, 7) is 1.39. The van der Waals surface area contributed by atoms with E-state index in [2.05, 4.69) is 0 Å². The largest absolute Gasteiger partial charge is 0.481 e. The highest BCUT2D eigenvalue weighted by molar-refractivity contribution is 7.22. The molecule has 3 nitrogen and oxygen atoms in total. The maximum atomic E-state index is 14.1. The standard InChI is InChI=1S/C26H20F3NO2S/c27-26(28,29)22-12-17(10-11-19(22)16-6-2-1-3-7-16)24-21(15-30-13-18(14-30)25(31)32)20-8-4-5-9-23(20)33-24/h1-12,18H,13-15H2,(H,31,32). The van der Waals surface area contributed by atoms with Gasteiger partial charge < -0.3 is 5.11 Å². The smallest absolute Gasteiger partial charge is 0.417 e. The first-order chi connectivity index (χ1) is 15.8. The zero-order valence-corrected chi connectivity index (χ0v) is 18.3. The Kier molecular flexibility index (Phi) is 5.46. The fourth-order valence-corrected chi connectivity index (χ4v) is 5.57. The second-order valence-corrected chi connectivity index (χ2v) is 9.31. The molecule has 1 aromatic heterocycles. The van der Waals surface area contributed by atoms with Gasteiger partial charge in [-0.2, -0.15) is 13.2 Å². The van der Waals surface area contributed by atoms with Crippen LogP contribution >= 0.6 is 11.3 Å². The van der Waals surface area contributed by atoms with Crippen LogP contribution in [0.15, 0.2) is 72.8 Å².